The summed E-state index contributed by atoms with van der Waals surface area (Å²) in [5, 5.41) is 3.65. The lowest BCUT2D eigenvalue weighted by atomic mass is 9.86. The number of ether oxygens (including phenoxy) is 1. The Morgan fingerprint density at radius 1 is 1.24 bits per heavy atom. The molecule has 0 aromatic heterocycles. The molecule has 0 bridgehead atoms. The number of hydrogen-bond donors (Lipinski definition) is 1. The van der Waals surface area contributed by atoms with Crippen LogP contribution in [-0.2, 0) is 0 Å². The third-order valence-corrected chi connectivity index (χ3v) is 4.93. The number of hydrogen-bond acceptors (Lipinski definition) is 2. The molecule has 0 radical (unpaired) electrons. The van der Waals surface area contributed by atoms with Crippen molar-refractivity contribution < 1.29 is 4.74 Å². The third kappa shape index (κ3) is 3.79. The van der Waals surface area contributed by atoms with Crippen molar-refractivity contribution in [3.05, 3.63) is 28.8 Å². The van der Waals surface area contributed by atoms with Crippen LogP contribution in [0.4, 0.5) is 0 Å². The minimum Gasteiger partial charge on any atom is -0.496 e. The molecular weight excluding hydrogens is 258 g/mol. The van der Waals surface area contributed by atoms with Gasteiger partial charge in [-0.05, 0) is 74.2 Å². The van der Waals surface area contributed by atoms with Crippen molar-refractivity contribution in [1.29, 1.82) is 0 Å². The highest BCUT2D eigenvalue weighted by Gasteiger charge is 2.30. The summed E-state index contributed by atoms with van der Waals surface area (Å²) in [6, 6.07) is 4.55. The summed E-state index contributed by atoms with van der Waals surface area (Å²) in [5.74, 6) is 3.25. The second kappa shape index (κ2) is 7.31. The minimum absolute atomic E-state index is 0.652. The molecule has 0 heterocycles. The van der Waals surface area contributed by atoms with Gasteiger partial charge in [-0.15, -0.1) is 0 Å². The van der Waals surface area contributed by atoms with Gasteiger partial charge in [-0.2, -0.15) is 0 Å². The predicted molar refractivity (Wildman–Crippen MR) is 90.3 cm³/mol. The molecule has 0 amide bonds. The quantitative estimate of drug-likeness (QED) is 0.836. The highest BCUT2D eigenvalue weighted by molar-refractivity contribution is 5.47. The van der Waals surface area contributed by atoms with E-state index in [0.717, 1.165) is 30.7 Å². The van der Waals surface area contributed by atoms with Crippen molar-refractivity contribution in [2.75, 3.05) is 20.2 Å². The normalized spacial score (nSPS) is 22.0. The van der Waals surface area contributed by atoms with Crippen LogP contribution in [0.5, 0.6) is 5.75 Å². The molecule has 2 atom stereocenters. The molecule has 2 rings (SSSR count). The van der Waals surface area contributed by atoms with Crippen LogP contribution in [0.2, 0.25) is 0 Å². The topological polar surface area (TPSA) is 21.3 Å². The summed E-state index contributed by atoms with van der Waals surface area (Å²) in [5.41, 5.74) is 4.05. The van der Waals surface area contributed by atoms with Crippen molar-refractivity contribution in [2.45, 2.75) is 52.9 Å². The second-order valence-electron chi connectivity index (χ2n) is 6.98. The first-order valence-corrected chi connectivity index (χ1v) is 8.39. The van der Waals surface area contributed by atoms with Gasteiger partial charge in [-0.1, -0.05) is 32.4 Å². The van der Waals surface area contributed by atoms with E-state index in [0.29, 0.717) is 5.92 Å². The van der Waals surface area contributed by atoms with Crippen molar-refractivity contribution in [3.63, 3.8) is 0 Å². The Hall–Kier alpha value is -1.02. The van der Waals surface area contributed by atoms with Crippen LogP contribution in [0.1, 0.15) is 55.7 Å². The maximum atomic E-state index is 5.74. The minimum atomic E-state index is 0.652. The van der Waals surface area contributed by atoms with E-state index in [1.54, 1.807) is 0 Å². The fourth-order valence-electron chi connectivity index (χ4n) is 3.62. The number of aryl methyl sites for hydroxylation is 1. The van der Waals surface area contributed by atoms with E-state index in [1.807, 2.05) is 7.11 Å². The van der Waals surface area contributed by atoms with Crippen molar-refractivity contribution in [3.8, 4) is 5.75 Å². The van der Waals surface area contributed by atoms with Crippen molar-refractivity contribution in [1.82, 2.24) is 5.32 Å². The Bertz CT molecular complexity index is 467. The zero-order valence-corrected chi connectivity index (χ0v) is 14.3. The highest BCUT2D eigenvalue weighted by Crippen LogP contribution is 2.44. The third-order valence-electron chi connectivity index (χ3n) is 4.93. The maximum absolute atomic E-state index is 5.74. The van der Waals surface area contributed by atoms with E-state index < -0.39 is 0 Å². The zero-order chi connectivity index (χ0) is 15.4. The van der Waals surface area contributed by atoms with Crippen molar-refractivity contribution >= 4 is 0 Å². The molecule has 1 fully saturated rings. The lowest BCUT2D eigenvalue weighted by Gasteiger charge is -2.24. The summed E-state index contributed by atoms with van der Waals surface area (Å²) in [4.78, 5) is 0. The molecular formula is C19H31NO. The molecule has 1 saturated carbocycles. The van der Waals surface area contributed by atoms with Crippen LogP contribution >= 0.6 is 0 Å². The van der Waals surface area contributed by atoms with Crippen LogP contribution in [0.15, 0.2) is 12.1 Å². The highest BCUT2D eigenvalue weighted by atomic mass is 16.5. The van der Waals surface area contributed by atoms with E-state index in [4.69, 9.17) is 4.74 Å². The lowest BCUT2D eigenvalue weighted by molar-refractivity contribution is 0.383. The molecule has 2 heteroatoms. The van der Waals surface area contributed by atoms with Gasteiger partial charge >= 0.3 is 0 Å². The molecule has 21 heavy (non-hydrogen) atoms. The molecule has 0 saturated heterocycles. The Morgan fingerprint density at radius 3 is 2.67 bits per heavy atom. The largest absolute Gasteiger partial charge is 0.496 e. The number of benzene rings is 1. The summed E-state index contributed by atoms with van der Waals surface area (Å²) < 4.78 is 5.74. The van der Waals surface area contributed by atoms with E-state index >= 15 is 0 Å². The Kier molecular flexibility index (Phi) is 5.69. The molecule has 1 aliphatic rings. The van der Waals surface area contributed by atoms with Gasteiger partial charge in [0.15, 0.2) is 0 Å². The average molecular weight is 289 g/mol. The van der Waals surface area contributed by atoms with Gasteiger partial charge in [0.25, 0.3) is 0 Å². The first-order valence-electron chi connectivity index (χ1n) is 8.39. The summed E-state index contributed by atoms with van der Waals surface area (Å²) in [6.45, 7) is 11.1. The van der Waals surface area contributed by atoms with Crippen molar-refractivity contribution in [2.24, 2.45) is 11.8 Å². The Balaban J connectivity index is 2.14. The van der Waals surface area contributed by atoms with Gasteiger partial charge in [0.1, 0.15) is 5.75 Å². The molecule has 1 aromatic rings. The monoisotopic (exact) mass is 289 g/mol. The van der Waals surface area contributed by atoms with Crippen LogP contribution in [0, 0.1) is 25.7 Å². The van der Waals surface area contributed by atoms with E-state index in [-0.39, 0.29) is 0 Å². The number of rotatable bonds is 6. The van der Waals surface area contributed by atoms with E-state index in [1.165, 1.54) is 36.0 Å². The molecule has 2 nitrogen and oxygen atoms in total. The molecule has 2 unspecified atom stereocenters. The maximum Gasteiger partial charge on any atom is 0.125 e. The first-order chi connectivity index (χ1) is 10.0. The van der Waals surface area contributed by atoms with Gasteiger partial charge < -0.3 is 10.1 Å². The molecule has 1 N–H and O–H groups in total. The SMILES string of the molecule is COc1c(C2CCCC2CNCC(C)C)ccc(C)c1C. The molecule has 0 aliphatic heterocycles. The average Bonchev–Trinajstić information content (AvgIpc) is 2.89. The zero-order valence-electron chi connectivity index (χ0n) is 14.3. The van der Waals surface area contributed by atoms with Gasteiger partial charge in [0, 0.05) is 0 Å². The Labute approximate surface area is 130 Å². The predicted octanol–water partition coefficient (Wildman–Crippen LogP) is 4.44. The van der Waals surface area contributed by atoms with Crippen LogP contribution in [0.25, 0.3) is 0 Å². The fourth-order valence-corrected chi connectivity index (χ4v) is 3.62. The molecule has 1 aliphatic carbocycles. The number of methoxy groups -OCH3 is 1. The van der Waals surface area contributed by atoms with E-state index in [9.17, 15) is 0 Å². The standard InChI is InChI=1S/C19H31NO/c1-13(2)11-20-12-16-7-6-8-17(16)18-10-9-14(3)15(4)19(18)21-5/h9-10,13,16-17,20H,6-8,11-12H2,1-5H3. The summed E-state index contributed by atoms with van der Waals surface area (Å²) in [7, 11) is 1.81. The van der Waals surface area contributed by atoms with Gasteiger partial charge in [0.05, 0.1) is 7.11 Å². The first kappa shape index (κ1) is 16.4. The molecule has 1 aromatic carbocycles. The Morgan fingerprint density at radius 2 is 2.00 bits per heavy atom. The van der Waals surface area contributed by atoms with Gasteiger partial charge in [0.2, 0.25) is 0 Å². The summed E-state index contributed by atoms with van der Waals surface area (Å²) >= 11 is 0. The smallest absolute Gasteiger partial charge is 0.125 e. The second-order valence-corrected chi connectivity index (χ2v) is 6.98. The van der Waals surface area contributed by atoms with Gasteiger partial charge in [-0.3, -0.25) is 0 Å². The van der Waals surface area contributed by atoms with Gasteiger partial charge in [-0.25, -0.2) is 0 Å². The molecule has 118 valence electrons. The lowest BCUT2D eigenvalue weighted by Crippen LogP contribution is -2.27. The fraction of sp³-hybridized carbons (Fsp3) is 0.684. The van der Waals surface area contributed by atoms with Crippen LogP contribution in [0.3, 0.4) is 0 Å². The van der Waals surface area contributed by atoms with Crippen LogP contribution < -0.4 is 10.1 Å². The van der Waals surface area contributed by atoms with E-state index in [2.05, 4.69) is 45.1 Å². The summed E-state index contributed by atoms with van der Waals surface area (Å²) in [6.07, 6.45) is 3.98. The van der Waals surface area contributed by atoms with Crippen LogP contribution in [-0.4, -0.2) is 20.2 Å². The number of nitrogens with one attached hydrogen (secondary N) is 1. The molecule has 0 spiro atoms.